The lowest BCUT2D eigenvalue weighted by Gasteiger charge is -2.25. The number of nitrogens with one attached hydrogen (secondary N) is 1. The molecule has 0 aliphatic carbocycles. The average molecular weight is 534 g/mol. The zero-order valence-electron chi connectivity index (χ0n) is 24.6. The molecule has 1 amide bonds. The summed E-state index contributed by atoms with van der Waals surface area (Å²) in [6.45, 7) is 14.7. The zero-order chi connectivity index (χ0) is 27.8. The fourth-order valence-corrected chi connectivity index (χ4v) is 5.23. The van der Waals surface area contributed by atoms with E-state index in [0.717, 1.165) is 79.4 Å². The van der Waals surface area contributed by atoms with Gasteiger partial charge in [0.2, 0.25) is 5.95 Å². The molecule has 0 radical (unpaired) electrons. The van der Waals surface area contributed by atoms with Crippen molar-refractivity contribution in [2.45, 2.75) is 66.3 Å². The van der Waals surface area contributed by atoms with Crippen LogP contribution in [0.1, 0.15) is 70.2 Å². The second kappa shape index (κ2) is 13.8. The molecule has 0 bridgehead atoms. The number of aryl methyl sites for hydroxylation is 1. The molecule has 1 saturated heterocycles. The van der Waals surface area contributed by atoms with Crippen LogP contribution in [0, 0.1) is 11.8 Å². The van der Waals surface area contributed by atoms with Gasteiger partial charge in [0.25, 0.3) is 5.91 Å². The molecule has 3 aromatic rings. The fourth-order valence-electron chi connectivity index (χ4n) is 5.23. The predicted molar refractivity (Wildman–Crippen MR) is 161 cm³/mol. The summed E-state index contributed by atoms with van der Waals surface area (Å²) < 4.78 is 7.82. The van der Waals surface area contributed by atoms with Crippen LogP contribution in [0.15, 0.2) is 42.5 Å². The minimum Gasteiger partial charge on any atom is -0.495 e. The van der Waals surface area contributed by atoms with Crippen molar-refractivity contribution in [3.8, 4) is 5.75 Å². The Morgan fingerprint density at radius 3 is 2.36 bits per heavy atom. The van der Waals surface area contributed by atoms with Gasteiger partial charge in [0, 0.05) is 25.2 Å². The third-order valence-corrected chi connectivity index (χ3v) is 7.64. The van der Waals surface area contributed by atoms with Crippen LogP contribution < -0.4 is 10.1 Å². The van der Waals surface area contributed by atoms with Crippen LogP contribution in [0.5, 0.6) is 5.75 Å². The second-order valence-electron chi connectivity index (χ2n) is 11.7. The topological polar surface area (TPSA) is 62.6 Å². The number of benzene rings is 2. The minimum absolute atomic E-state index is 0.113. The molecule has 0 spiro atoms. The van der Waals surface area contributed by atoms with Gasteiger partial charge in [0.15, 0.2) is 0 Å². The number of imidazole rings is 1. The Morgan fingerprint density at radius 1 is 1.00 bits per heavy atom. The van der Waals surface area contributed by atoms with Crippen LogP contribution >= 0.6 is 0 Å². The van der Waals surface area contributed by atoms with Gasteiger partial charge in [-0.2, -0.15) is 0 Å². The number of carbonyl (C=O) groups excluding carboxylic acids is 1. The van der Waals surface area contributed by atoms with Gasteiger partial charge in [-0.1, -0.05) is 39.8 Å². The molecular weight excluding hydrogens is 486 g/mol. The molecule has 212 valence electrons. The van der Waals surface area contributed by atoms with Crippen molar-refractivity contribution < 1.29 is 9.53 Å². The minimum atomic E-state index is 0.113. The SMILES string of the molecule is COc1ccccc1Nc1nc2ccc(C(=O)N(CCC(C)C)CCC(C)C)cc2n1CCCN1CCCC1. The van der Waals surface area contributed by atoms with Gasteiger partial charge >= 0.3 is 0 Å². The normalized spacial score (nSPS) is 14.0. The lowest BCUT2D eigenvalue weighted by molar-refractivity contribution is 0.0741. The molecule has 2 aromatic carbocycles. The molecule has 7 nitrogen and oxygen atoms in total. The van der Waals surface area contributed by atoms with Gasteiger partial charge in [-0.05, 0) is 93.9 Å². The number of methoxy groups -OCH3 is 1. The highest BCUT2D eigenvalue weighted by atomic mass is 16.5. The smallest absolute Gasteiger partial charge is 0.253 e. The first-order chi connectivity index (χ1) is 18.9. The first kappa shape index (κ1) is 28.9. The molecule has 1 N–H and O–H groups in total. The lowest BCUT2D eigenvalue weighted by atomic mass is 10.1. The molecule has 1 aliphatic rings. The molecule has 0 unspecified atom stereocenters. The zero-order valence-corrected chi connectivity index (χ0v) is 24.6. The van der Waals surface area contributed by atoms with Crippen molar-refractivity contribution in [3.63, 3.8) is 0 Å². The van der Waals surface area contributed by atoms with Crippen LogP contribution in [0.2, 0.25) is 0 Å². The molecule has 7 heteroatoms. The second-order valence-corrected chi connectivity index (χ2v) is 11.7. The van der Waals surface area contributed by atoms with Gasteiger partial charge in [0.1, 0.15) is 5.75 Å². The number of para-hydroxylation sites is 2. The van der Waals surface area contributed by atoms with E-state index in [2.05, 4.69) is 42.5 Å². The van der Waals surface area contributed by atoms with Crippen LogP contribution in [-0.4, -0.2) is 65.1 Å². The van der Waals surface area contributed by atoms with E-state index in [0.29, 0.717) is 11.8 Å². The van der Waals surface area contributed by atoms with E-state index >= 15 is 0 Å². The van der Waals surface area contributed by atoms with E-state index in [1.54, 1.807) is 7.11 Å². The van der Waals surface area contributed by atoms with Gasteiger partial charge in [0.05, 0.1) is 23.8 Å². The predicted octanol–water partition coefficient (Wildman–Crippen LogP) is 6.81. The maximum atomic E-state index is 13.8. The van der Waals surface area contributed by atoms with Crippen LogP contribution in [0.25, 0.3) is 11.0 Å². The van der Waals surface area contributed by atoms with E-state index in [-0.39, 0.29) is 5.91 Å². The molecular formula is C32H47N5O2. The quantitative estimate of drug-likeness (QED) is 0.247. The van der Waals surface area contributed by atoms with Gasteiger partial charge < -0.3 is 24.4 Å². The number of amides is 1. The van der Waals surface area contributed by atoms with E-state index in [4.69, 9.17) is 9.72 Å². The monoisotopic (exact) mass is 533 g/mol. The number of likely N-dealkylation sites (tertiary alicyclic amines) is 1. The fraction of sp³-hybridized carbons (Fsp3) is 0.562. The maximum Gasteiger partial charge on any atom is 0.253 e. The maximum absolute atomic E-state index is 13.8. The number of carbonyl (C=O) groups is 1. The summed E-state index contributed by atoms with van der Waals surface area (Å²) in [6, 6.07) is 13.9. The molecule has 0 atom stereocenters. The lowest BCUT2D eigenvalue weighted by Crippen LogP contribution is -2.34. The third-order valence-electron chi connectivity index (χ3n) is 7.64. The Bertz CT molecular complexity index is 1200. The molecule has 4 rings (SSSR count). The number of hydrogen-bond donors (Lipinski definition) is 1. The van der Waals surface area contributed by atoms with Crippen LogP contribution in [0.3, 0.4) is 0 Å². The van der Waals surface area contributed by atoms with E-state index in [1.807, 2.05) is 47.4 Å². The third kappa shape index (κ3) is 7.75. The standard InChI is InChI=1S/C32H47N5O2/c1-24(2)15-21-36(22-16-25(3)4)31(38)26-13-14-27-29(23-26)37(20-10-19-35-17-8-9-18-35)32(33-27)34-28-11-6-7-12-30(28)39-5/h6-7,11-14,23-25H,8-10,15-22H2,1-5H3,(H,33,34). The molecule has 1 aliphatic heterocycles. The molecule has 39 heavy (non-hydrogen) atoms. The number of hydrogen-bond acceptors (Lipinski definition) is 5. The number of nitrogens with zero attached hydrogens (tertiary/aromatic N) is 4. The van der Waals surface area contributed by atoms with Gasteiger partial charge in [-0.25, -0.2) is 4.98 Å². The number of aromatic nitrogens is 2. The van der Waals surface area contributed by atoms with Crippen molar-refractivity contribution in [3.05, 3.63) is 48.0 Å². The molecule has 2 heterocycles. The highest BCUT2D eigenvalue weighted by Crippen LogP contribution is 2.30. The number of rotatable bonds is 14. The molecule has 1 fully saturated rings. The summed E-state index contributed by atoms with van der Waals surface area (Å²) in [7, 11) is 1.68. The Hall–Kier alpha value is -3.06. The van der Waals surface area contributed by atoms with Crippen LogP contribution in [0.4, 0.5) is 11.6 Å². The van der Waals surface area contributed by atoms with E-state index < -0.39 is 0 Å². The first-order valence-corrected chi connectivity index (χ1v) is 14.8. The number of fused-ring (bicyclic) bond motifs is 1. The van der Waals surface area contributed by atoms with Crippen molar-refractivity contribution in [2.24, 2.45) is 11.8 Å². The highest BCUT2D eigenvalue weighted by molar-refractivity contribution is 5.98. The average Bonchev–Trinajstić information content (AvgIpc) is 3.56. The number of anilines is 2. The number of ether oxygens (including phenoxy) is 1. The van der Waals surface area contributed by atoms with Crippen molar-refractivity contribution >= 4 is 28.6 Å². The van der Waals surface area contributed by atoms with Crippen molar-refractivity contribution in [1.29, 1.82) is 0 Å². The summed E-state index contributed by atoms with van der Waals surface area (Å²) in [5.74, 6) is 2.78. The summed E-state index contributed by atoms with van der Waals surface area (Å²) in [4.78, 5) is 23.3. The van der Waals surface area contributed by atoms with Crippen LogP contribution in [-0.2, 0) is 6.54 Å². The Labute approximate surface area is 234 Å². The Morgan fingerprint density at radius 2 is 1.69 bits per heavy atom. The van der Waals surface area contributed by atoms with Crippen molar-refractivity contribution in [1.82, 2.24) is 19.4 Å². The van der Waals surface area contributed by atoms with E-state index in [1.165, 1.54) is 25.9 Å². The Kier molecular flexibility index (Phi) is 10.3. The molecule has 0 saturated carbocycles. The molecule has 1 aromatic heterocycles. The largest absolute Gasteiger partial charge is 0.495 e. The Balaban J connectivity index is 1.64. The summed E-state index contributed by atoms with van der Waals surface area (Å²) in [5.41, 5.74) is 3.49. The van der Waals surface area contributed by atoms with Gasteiger partial charge in [-0.15, -0.1) is 0 Å². The first-order valence-electron chi connectivity index (χ1n) is 14.8. The summed E-state index contributed by atoms with van der Waals surface area (Å²) in [6.07, 6.45) is 5.63. The summed E-state index contributed by atoms with van der Waals surface area (Å²) >= 11 is 0. The highest BCUT2D eigenvalue weighted by Gasteiger charge is 2.20. The van der Waals surface area contributed by atoms with Gasteiger partial charge in [-0.3, -0.25) is 4.79 Å². The van der Waals surface area contributed by atoms with Crippen molar-refractivity contribution in [2.75, 3.05) is 45.2 Å². The summed E-state index contributed by atoms with van der Waals surface area (Å²) in [5, 5.41) is 3.51. The van der Waals surface area contributed by atoms with E-state index in [9.17, 15) is 4.79 Å².